The third-order valence-corrected chi connectivity index (χ3v) is 4.68. The van der Waals surface area contributed by atoms with Crippen molar-refractivity contribution in [3.8, 4) is 40.0 Å². The van der Waals surface area contributed by atoms with Crippen molar-refractivity contribution in [2.24, 2.45) is 0 Å². The van der Waals surface area contributed by atoms with Gasteiger partial charge in [0.15, 0.2) is 11.6 Å². The van der Waals surface area contributed by atoms with Gasteiger partial charge in [0, 0.05) is 36.3 Å². The first-order chi connectivity index (χ1) is 15.6. The van der Waals surface area contributed by atoms with Gasteiger partial charge in [-0.05, 0) is 36.4 Å². The number of aromatic nitrogens is 5. The Kier molecular flexibility index (Phi) is 5.91. The summed E-state index contributed by atoms with van der Waals surface area (Å²) in [6.07, 6.45) is 5.10. The molecule has 1 aromatic carbocycles. The zero-order chi connectivity index (χ0) is 22.5. The largest absolute Gasteiger partial charge is 0.493 e. The predicted octanol–water partition coefficient (Wildman–Crippen LogP) is 2.26. The van der Waals surface area contributed by atoms with Crippen LogP contribution in [-0.2, 0) is 0 Å². The quantitative estimate of drug-likeness (QED) is 0.403. The van der Waals surface area contributed by atoms with E-state index in [1.807, 2.05) is 18.3 Å². The van der Waals surface area contributed by atoms with Crippen LogP contribution in [0, 0.1) is 11.3 Å². The van der Waals surface area contributed by atoms with Crippen molar-refractivity contribution in [3.63, 3.8) is 0 Å². The maximum atomic E-state index is 9.07. The van der Waals surface area contributed by atoms with E-state index in [0.29, 0.717) is 40.8 Å². The molecule has 4 rings (SSSR count). The van der Waals surface area contributed by atoms with Gasteiger partial charge in [0.25, 0.3) is 0 Å². The monoisotopic (exact) mass is 428 g/mol. The summed E-state index contributed by atoms with van der Waals surface area (Å²) in [7, 11) is 1.52. The van der Waals surface area contributed by atoms with Crippen molar-refractivity contribution >= 4 is 11.8 Å². The Bertz CT molecular complexity index is 1280. The number of nitrogens with zero attached hydrogens (tertiary/aromatic N) is 6. The Morgan fingerprint density at radius 3 is 2.75 bits per heavy atom. The third-order valence-electron chi connectivity index (χ3n) is 4.68. The molecule has 0 atom stereocenters. The summed E-state index contributed by atoms with van der Waals surface area (Å²) in [6, 6.07) is 12.7. The van der Waals surface area contributed by atoms with Gasteiger partial charge in [0.2, 0.25) is 5.95 Å². The molecule has 3 heterocycles. The lowest BCUT2D eigenvalue weighted by Gasteiger charge is -2.07. The first kappa shape index (κ1) is 20.8. The maximum absolute atomic E-state index is 9.07. The number of anilines is 2. The van der Waals surface area contributed by atoms with E-state index in [1.54, 1.807) is 41.3 Å². The van der Waals surface area contributed by atoms with Crippen molar-refractivity contribution < 1.29 is 9.84 Å². The summed E-state index contributed by atoms with van der Waals surface area (Å²) in [5.74, 6) is 1.11. The highest BCUT2D eigenvalue weighted by atomic mass is 16.5. The molecule has 0 aliphatic carbocycles. The number of nitrogen functional groups attached to an aromatic ring is 1. The number of ether oxygens (including phenoxy) is 1. The van der Waals surface area contributed by atoms with Crippen LogP contribution in [0.3, 0.4) is 0 Å². The second kappa shape index (κ2) is 9.11. The molecule has 0 unspecified atom stereocenters. The van der Waals surface area contributed by atoms with Gasteiger partial charge in [0.05, 0.1) is 36.7 Å². The van der Waals surface area contributed by atoms with Crippen molar-refractivity contribution in [3.05, 3.63) is 60.6 Å². The maximum Gasteiger partial charge on any atom is 0.223 e. The van der Waals surface area contributed by atoms with Gasteiger partial charge in [-0.3, -0.25) is 0 Å². The van der Waals surface area contributed by atoms with Crippen LogP contribution in [0.25, 0.3) is 28.2 Å². The Hall–Kier alpha value is -4.49. The van der Waals surface area contributed by atoms with Gasteiger partial charge in [-0.25, -0.2) is 19.6 Å². The van der Waals surface area contributed by atoms with Gasteiger partial charge >= 0.3 is 0 Å². The number of aliphatic hydroxyl groups excluding tert-OH is 1. The highest BCUT2D eigenvalue weighted by Crippen LogP contribution is 2.34. The average Bonchev–Trinajstić information content (AvgIpc) is 3.29. The predicted molar refractivity (Wildman–Crippen MR) is 119 cm³/mol. The number of methoxy groups -OCH3 is 1. The SMILES string of the molecule is COc1cc(-c2nn(-c3ccc(C#N)cc3)cc2-c2ccnc(NCCO)n2)cnc1N. The lowest BCUT2D eigenvalue weighted by Crippen LogP contribution is -2.08. The normalized spacial score (nSPS) is 10.5. The summed E-state index contributed by atoms with van der Waals surface area (Å²) in [5.41, 5.74) is 9.89. The molecule has 0 aliphatic rings. The van der Waals surface area contributed by atoms with Crippen molar-refractivity contribution in [1.29, 1.82) is 5.26 Å². The molecule has 3 aromatic heterocycles. The molecule has 0 saturated heterocycles. The van der Waals surface area contributed by atoms with Crippen LogP contribution < -0.4 is 15.8 Å². The van der Waals surface area contributed by atoms with Crippen LogP contribution in [-0.4, -0.2) is 50.1 Å². The van der Waals surface area contributed by atoms with Crippen LogP contribution in [0.1, 0.15) is 5.56 Å². The lowest BCUT2D eigenvalue weighted by atomic mass is 10.1. The second-order valence-electron chi connectivity index (χ2n) is 6.72. The minimum Gasteiger partial charge on any atom is -0.493 e. The van der Waals surface area contributed by atoms with Gasteiger partial charge < -0.3 is 20.9 Å². The molecule has 4 N–H and O–H groups in total. The Morgan fingerprint density at radius 2 is 2.03 bits per heavy atom. The molecule has 160 valence electrons. The average molecular weight is 428 g/mol. The highest BCUT2D eigenvalue weighted by molar-refractivity contribution is 5.80. The number of nitrogens with two attached hydrogens (primary N) is 1. The van der Waals surface area contributed by atoms with Gasteiger partial charge in [0.1, 0.15) is 5.69 Å². The molecular formula is C22H20N8O2. The molecule has 0 radical (unpaired) electrons. The van der Waals surface area contributed by atoms with Crippen LogP contribution >= 0.6 is 0 Å². The molecule has 10 nitrogen and oxygen atoms in total. The lowest BCUT2D eigenvalue weighted by molar-refractivity contribution is 0.311. The fourth-order valence-electron chi connectivity index (χ4n) is 3.11. The molecule has 32 heavy (non-hydrogen) atoms. The number of pyridine rings is 1. The summed E-state index contributed by atoms with van der Waals surface area (Å²) >= 11 is 0. The molecule has 0 amide bonds. The van der Waals surface area contributed by atoms with Gasteiger partial charge in [-0.2, -0.15) is 10.4 Å². The first-order valence-corrected chi connectivity index (χ1v) is 9.71. The van der Waals surface area contributed by atoms with E-state index in [4.69, 9.17) is 25.9 Å². The van der Waals surface area contributed by atoms with Gasteiger partial charge in [-0.15, -0.1) is 0 Å². The third kappa shape index (κ3) is 4.19. The molecule has 0 spiro atoms. The number of hydrogen-bond acceptors (Lipinski definition) is 9. The topological polar surface area (TPSA) is 148 Å². The van der Waals surface area contributed by atoms with Gasteiger partial charge in [-0.1, -0.05) is 0 Å². The Labute approximate surface area is 184 Å². The van der Waals surface area contributed by atoms with Crippen LogP contribution in [0.5, 0.6) is 5.75 Å². The molecule has 0 fully saturated rings. The van der Waals surface area contributed by atoms with E-state index < -0.39 is 0 Å². The fourth-order valence-corrected chi connectivity index (χ4v) is 3.11. The number of benzene rings is 1. The van der Waals surface area contributed by atoms with E-state index in [2.05, 4.69) is 26.3 Å². The zero-order valence-electron chi connectivity index (χ0n) is 17.2. The summed E-state index contributed by atoms with van der Waals surface area (Å²) in [6.45, 7) is 0.298. The first-order valence-electron chi connectivity index (χ1n) is 9.71. The standard InChI is InChI=1S/C22H20N8O2/c1-32-19-10-15(12-27-21(19)24)20-17(18-6-7-25-22(28-18)26-8-9-31)13-30(29-20)16-4-2-14(11-23)3-5-16/h2-7,10,12-13,31H,8-9H2,1H3,(H2,24,27)(H,25,26,28). The second-order valence-corrected chi connectivity index (χ2v) is 6.72. The number of nitrogens with one attached hydrogen (secondary N) is 1. The van der Waals surface area contributed by atoms with E-state index in [0.717, 1.165) is 11.3 Å². The fraction of sp³-hybridized carbons (Fsp3) is 0.136. The molecule has 4 aromatic rings. The summed E-state index contributed by atoms with van der Waals surface area (Å²) in [4.78, 5) is 13.0. The Balaban J connectivity index is 1.85. The number of hydrogen-bond donors (Lipinski definition) is 3. The summed E-state index contributed by atoms with van der Waals surface area (Å²) < 4.78 is 7.03. The van der Waals surface area contributed by atoms with Crippen molar-refractivity contribution in [1.82, 2.24) is 24.7 Å². The number of aliphatic hydroxyl groups is 1. The van der Waals surface area contributed by atoms with E-state index in [-0.39, 0.29) is 12.4 Å². The number of nitriles is 1. The van der Waals surface area contributed by atoms with E-state index in [9.17, 15) is 0 Å². The molecule has 10 heteroatoms. The van der Waals surface area contributed by atoms with Crippen LogP contribution in [0.4, 0.5) is 11.8 Å². The smallest absolute Gasteiger partial charge is 0.223 e. The zero-order valence-corrected chi connectivity index (χ0v) is 17.2. The van der Waals surface area contributed by atoms with Crippen LogP contribution in [0.2, 0.25) is 0 Å². The molecule has 0 saturated carbocycles. The van der Waals surface area contributed by atoms with Crippen LogP contribution in [0.15, 0.2) is 55.0 Å². The molecular weight excluding hydrogens is 408 g/mol. The summed E-state index contributed by atoms with van der Waals surface area (Å²) in [5, 5.41) is 25.8. The highest BCUT2D eigenvalue weighted by Gasteiger charge is 2.18. The van der Waals surface area contributed by atoms with Crippen molar-refractivity contribution in [2.75, 3.05) is 31.3 Å². The number of rotatable bonds is 7. The molecule has 0 bridgehead atoms. The Morgan fingerprint density at radius 1 is 1.22 bits per heavy atom. The molecule has 0 aliphatic heterocycles. The minimum atomic E-state index is -0.0354. The minimum absolute atomic E-state index is 0.0354. The van der Waals surface area contributed by atoms with E-state index in [1.165, 1.54) is 7.11 Å². The van der Waals surface area contributed by atoms with E-state index >= 15 is 0 Å². The van der Waals surface area contributed by atoms with Crippen molar-refractivity contribution in [2.45, 2.75) is 0 Å².